The number of Topliss-reactive ketones (excluding diaryl/α,β-unsaturated/α-hetero) is 1. The van der Waals surface area contributed by atoms with Gasteiger partial charge < -0.3 is 24.8 Å². The second-order valence-corrected chi connectivity index (χ2v) is 11.5. The first kappa shape index (κ1) is 38.3. The zero-order valence-electron chi connectivity index (χ0n) is 27.1. The summed E-state index contributed by atoms with van der Waals surface area (Å²) >= 11 is 0. The molecule has 0 fully saturated rings. The maximum absolute atomic E-state index is 12.7. The number of esters is 2. The first-order valence-corrected chi connectivity index (χ1v) is 16.2. The highest BCUT2D eigenvalue weighted by Gasteiger charge is 2.15. The van der Waals surface area contributed by atoms with Crippen LogP contribution in [0.15, 0.2) is 97.2 Å². The summed E-state index contributed by atoms with van der Waals surface area (Å²) in [6.45, 7) is 3.35. The summed E-state index contributed by atoms with van der Waals surface area (Å²) in [6, 6.07) is 7.19. The second-order valence-electron chi connectivity index (χ2n) is 11.5. The molecule has 0 bridgehead atoms. The van der Waals surface area contributed by atoms with Crippen LogP contribution in [0.5, 0.6) is 0 Å². The third kappa shape index (κ3) is 17.6. The zero-order valence-corrected chi connectivity index (χ0v) is 27.1. The van der Waals surface area contributed by atoms with Crippen molar-refractivity contribution in [3.05, 3.63) is 108 Å². The van der Waals surface area contributed by atoms with Gasteiger partial charge in [-0.15, -0.1) is 0 Å². The van der Waals surface area contributed by atoms with E-state index in [4.69, 9.17) is 9.47 Å². The molecule has 1 aliphatic rings. The fourth-order valence-electron chi connectivity index (χ4n) is 4.84. The number of benzene rings is 1. The Bertz CT molecular complexity index is 1250. The molecular weight excluding hydrogens is 584 g/mol. The Balaban J connectivity index is 1.98. The summed E-state index contributed by atoms with van der Waals surface area (Å²) in [6.07, 6.45) is 22.3. The number of hydrogen-bond donors (Lipinski definition) is 3. The van der Waals surface area contributed by atoms with E-state index in [2.05, 4.69) is 0 Å². The minimum Gasteiger partial charge on any atom is -0.460 e. The van der Waals surface area contributed by atoms with Crippen molar-refractivity contribution < 1.29 is 39.2 Å². The highest BCUT2D eigenvalue weighted by atomic mass is 16.5. The van der Waals surface area contributed by atoms with Gasteiger partial charge in [0.25, 0.3) is 0 Å². The number of rotatable bonds is 8. The molecule has 3 N–H and O–H groups in total. The van der Waals surface area contributed by atoms with Crippen molar-refractivity contribution in [3.63, 3.8) is 0 Å². The molecule has 8 heteroatoms. The van der Waals surface area contributed by atoms with Crippen molar-refractivity contribution in [2.75, 3.05) is 0 Å². The summed E-state index contributed by atoms with van der Waals surface area (Å²) in [5.74, 6) is -0.889. The molecule has 46 heavy (non-hydrogen) atoms. The van der Waals surface area contributed by atoms with Crippen LogP contribution >= 0.6 is 0 Å². The van der Waals surface area contributed by atoms with Gasteiger partial charge in [-0.3, -0.25) is 9.59 Å². The lowest BCUT2D eigenvalue weighted by atomic mass is 9.97. The molecule has 250 valence electrons. The molecule has 0 saturated heterocycles. The lowest BCUT2D eigenvalue weighted by Crippen LogP contribution is -2.17. The third-order valence-corrected chi connectivity index (χ3v) is 7.28. The SMILES string of the molecule is CC(=O)c1ccccc1CC(O)CCCC(=O)OC1C=CC=CCC(O)CC(O)C=CC=CCCCC(C)OC(=O)C=CC=CC1. The number of allylic oxidation sites excluding steroid dienone is 7. The van der Waals surface area contributed by atoms with Crippen LogP contribution in [0.3, 0.4) is 0 Å². The number of carbonyl (C=O) groups excluding carboxylic acids is 3. The molecule has 8 nitrogen and oxygen atoms in total. The first-order valence-electron chi connectivity index (χ1n) is 16.2. The summed E-state index contributed by atoms with van der Waals surface area (Å²) < 4.78 is 11.1. The average molecular weight is 635 g/mol. The van der Waals surface area contributed by atoms with E-state index >= 15 is 0 Å². The van der Waals surface area contributed by atoms with Gasteiger partial charge in [-0.1, -0.05) is 85.0 Å². The van der Waals surface area contributed by atoms with Crippen LogP contribution in [0.2, 0.25) is 0 Å². The van der Waals surface area contributed by atoms with E-state index in [1.54, 1.807) is 66.8 Å². The fraction of sp³-hybridized carbons (Fsp3) is 0.447. The predicted octanol–water partition coefficient (Wildman–Crippen LogP) is 6.22. The van der Waals surface area contributed by atoms with Crippen molar-refractivity contribution >= 4 is 17.7 Å². The van der Waals surface area contributed by atoms with Crippen molar-refractivity contribution in [2.45, 2.75) is 109 Å². The Morgan fingerprint density at radius 2 is 1.70 bits per heavy atom. The number of ketones is 1. The molecule has 1 aliphatic heterocycles. The van der Waals surface area contributed by atoms with Crippen LogP contribution in [0.1, 0.15) is 87.6 Å². The predicted molar refractivity (Wildman–Crippen MR) is 180 cm³/mol. The van der Waals surface area contributed by atoms with Gasteiger partial charge in [-0.25, -0.2) is 4.79 Å². The highest BCUT2D eigenvalue weighted by Crippen LogP contribution is 2.16. The zero-order chi connectivity index (χ0) is 33.6. The average Bonchev–Trinajstić information content (AvgIpc) is 2.99. The van der Waals surface area contributed by atoms with Gasteiger partial charge in [0.2, 0.25) is 0 Å². The highest BCUT2D eigenvalue weighted by molar-refractivity contribution is 5.95. The van der Waals surface area contributed by atoms with E-state index in [-0.39, 0.29) is 24.7 Å². The van der Waals surface area contributed by atoms with E-state index in [0.717, 1.165) is 24.8 Å². The van der Waals surface area contributed by atoms with Gasteiger partial charge in [0.05, 0.1) is 24.4 Å². The molecule has 1 aromatic carbocycles. The van der Waals surface area contributed by atoms with Crippen molar-refractivity contribution in [1.82, 2.24) is 0 Å². The summed E-state index contributed by atoms with van der Waals surface area (Å²) in [7, 11) is 0. The fourth-order valence-corrected chi connectivity index (χ4v) is 4.84. The maximum Gasteiger partial charge on any atom is 0.331 e. The molecular formula is C38H50O8. The first-order chi connectivity index (χ1) is 22.1. The molecule has 5 atom stereocenters. The maximum atomic E-state index is 12.7. The van der Waals surface area contributed by atoms with Gasteiger partial charge in [-0.05, 0) is 70.4 Å². The smallest absolute Gasteiger partial charge is 0.331 e. The standard InChI is InChI=1S/C38H50O8/c1-29-17-8-4-3-5-9-19-33(41)28-34(42)20-10-6-11-22-35(23-12-7-13-25-37(43)45-29)46-38(44)26-16-21-32(40)27-31-18-14-15-24-36(31)30(2)39/h3,5-7,9-15,18-19,22,24-25,29,32-35,40-42H,4,8,16-17,20-21,23,26-28H2,1-2H3. The van der Waals surface area contributed by atoms with Crippen LogP contribution in [-0.2, 0) is 25.5 Å². The number of hydrogen-bond acceptors (Lipinski definition) is 8. The number of aliphatic hydroxyl groups excluding tert-OH is 3. The minimum atomic E-state index is -0.769. The second kappa shape index (κ2) is 22.6. The number of ether oxygens (including phenoxy) is 2. The van der Waals surface area contributed by atoms with E-state index in [9.17, 15) is 29.7 Å². The molecule has 0 saturated carbocycles. The lowest BCUT2D eigenvalue weighted by molar-refractivity contribution is -0.147. The van der Waals surface area contributed by atoms with Gasteiger partial charge >= 0.3 is 11.9 Å². The Morgan fingerprint density at radius 3 is 2.50 bits per heavy atom. The Labute approximate surface area is 273 Å². The Kier molecular flexibility index (Phi) is 18.9. The van der Waals surface area contributed by atoms with Crippen LogP contribution in [0, 0.1) is 0 Å². The number of carbonyl (C=O) groups is 3. The number of aliphatic hydroxyl groups is 3. The van der Waals surface area contributed by atoms with Gasteiger partial charge in [-0.2, -0.15) is 0 Å². The van der Waals surface area contributed by atoms with E-state index < -0.39 is 36.4 Å². The Morgan fingerprint density at radius 1 is 0.978 bits per heavy atom. The van der Waals surface area contributed by atoms with Crippen molar-refractivity contribution in [2.24, 2.45) is 0 Å². The topological polar surface area (TPSA) is 130 Å². The largest absolute Gasteiger partial charge is 0.460 e. The molecule has 1 heterocycles. The van der Waals surface area contributed by atoms with Crippen LogP contribution in [0.4, 0.5) is 0 Å². The lowest BCUT2D eigenvalue weighted by Gasteiger charge is -2.14. The van der Waals surface area contributed by atoms with Gasteiger partial charge in [0.15, 0.2) is 5.78 Å². The van der Waals surface area contributed by atoms with Gasteiger partial charge in [0, 0.05) is 30.9 Å². The molecule has 0 spiro atoms. The molecule has 2 rings (SSSR count). The summed E-state index contributed by atoms with van der Waals surface area (Å²) in [5.41, 5.74) is 1.37. The molecule has 0 aromatic heterocycles. The molecule has 0 radical (unpaired) electrons. The van der Waals surface area contributed by atoms with Crippen LogP contribution in [0.25, 0.3) is 0 Å². The number of cyclic esters (lactones) is 1. The van der Waals surface area contributed by atoms with E-state index in [1.165, 1.54) is 13.0 Å². The summed E-state index contributed by atoms with van der Waals surface area (Å²) in [5, 5.41) is 30.9. The molecule has 0 amide bonds. The third-order valence-electron chi connectivity index (χ3n) is 7.28. The van der Waals surface area contributed by atoms with Crippen LogP contribution in [-0.4, -0.2) is 63.6 Å². The van der Waals surface area contributed by atoms with E-state index in [1.807, 2.05) is 31.2 Å². The van der Waals surface area contributed by atoms with Gasteiger partial charge in [0.1, 0.15) is 6.10 Å². The van der Waals surface area contributed by atoms with E-state index in [0.29, 0.717) is 37.7 Å². The minimum absolute atomic E-state index is 0.0545. The van der Waals surface area contributed by atoms with Crippen LogP contribution < -0.4 is 0 Å². The molecule has 5 unspecified atom stereocenters. The normalized spacial score (nSPS) is 22.9. The summed E-state index contributed by atoms with van der Waals surface area (Å²) in [4.78, 5) is 36.7. The van der Waals surface area contributed by atoms with Crippen molar-refractivity contribution in [3.8, 4) is 0 Å². The Hall–Kier alpha value is -3.85. The monoisotopic (exact) mass is 634 g/mol. The van der Waals surface area contributed by atoms with Crippen molar-refractivity contribution in [1.29, 1.82) is 0 Å². The quantitative estimate of drug-likeness (QED) is 0.227. The molecule has 1 aromatic rings. The molecule has 0 aliphatic carbocycles.